The monoisotopic (exact) mass is 325 g/mol. The van der Waals surface area contributed by atoms with E-state index in [1.165, 1.54) is 11.3 Å². The van der Waals surface area contributed by atoms with E-state index < -0.39 is 12.0 Å². The normalized spacial score (nSPS) is 12.0. The number of hydrogen-bond acceptors (Lipinski definition) is 3. The fraction of sp³-hybridized carbons (Fsp3) is 0.111. The average Bonchev–Trinajstić information content (AvgIpc) is 2.99. The number of fused-ring (bicyclic) bond motifs is 1. The summed E-state index contributed by atoms with van der Waals surface area (Å²) in [5.74, 6) is -1.39. The third kappa shape index (κ3) is 3.57. The Morgan fingerprint density at radius 1 is 1.04 bits per heavy atom. The van der Waals surface area contributed by atoms with Gasteiger partial charge in [0.15, 0.2) is 0 Å². The third-order valence-electron chi connectivity index (χ3n) is 3.54. The van der Waals surface area contributed by atoms with Gasteiger partial charge in [0.25, 0.3) is 5.91 Å². The first kappa shape index (κ1) is 15.2. The maximum atomic E-state index is 12.4. The Hall–Kier alpha value is -2.66. The third-order valence-corrected chi connectivity index (χ3v) is 4.65. The molecule has 0 saturated heterocycles. The van der Waals surface area contributed by atoms with Crippen LogP contribution in [0.5, 0.6) is 0 Å². The fourth-order valence-corrected chi connectivity index (χ4v) is 3.34. The van der Waals surface area contributed by atoms with E-state index in [-0.39, 0.29) is 12.3 Å². The smallest absolute Gasteiger partial charge is 0.326 e. The molecule has 3 aromatic rings. The number of aliphatic carboxylic acids is 1. The van der Waals surface area contributed by atoms with Crippen LogP contribution >= 0.6 is 11.3 Å². The summed E-state index contributed by atoms with van der Waals surface area (Å²) in [5.41, 5.74) is 0.872. The molecule has 0 aliphatic carbocycles. The van der Waals surface area contributed by atoms with Gasteiger partial charge in [-0.1, -0.05) is 48.5 Å². The minimum absolute atomic E-state index is 0.257. The highest BCUT2D eigenvalue weighted by Gasteiger charge is 2.22. The van der Waals surface area contributed by atoms with Gasteiger partial charge < -0.3 is 10.4 Å². The second kappa shape index (κ2) is 6.62. The molecule has 2 N–H and O–H groups in total. The number of carbonyl (C=O) groups is 2. The molecule has 3 rings (SSSR count). The van der Waals surface area contributed by atoms with Gasteiger partial charge in [0, 0.05) is 11.1 Å². The lowest BCUT2D eigenvalue weighted by molar-refractivity contribution is -0.139. The molecule has 1 amide bonds. The number of amides is 1. The van der Waals surface area contributed by atoms with Gasteiger partial charge in [0.1, 0.15) is 6.04 Å². The lowest BCUT2D eigenvalue weighted by Gasteiger charge is -2.14. The Kier molecular flexibility index (Phi) is 4.39. The van der Waals surface area contributed by atoms with Crippen LogP contribution < -0.4 is 5.32 Å². The van der Waals surface area contributed by atoms with Crippen LogP contribution in [0, 0.1) is 0 Å². The minimum atomic E-state index is -1.04. The van der Waals surface area contributed by atoms with Crippen molar-refractivity contribution in [3.8, 4) is 0 Å². The molecule has 2 aromatic carbocycles. The molecule has 0 fully saturated rings. The second-order valence-electron chi connectivity index (χ2n) is 5.20. The van der Waals surface area contributed by atoms with Gasteiger partial charge in [-0.05, 0) is 23.1 Å². The molecule has 0 aliphatic rings. The Balaban J connectivity index is 1.76. The summed E-state index contributed by atoms with van der Waals surface area (Å²) in [6.45, 7) is 0. The van der Waals surface area contributed by atoms with E-state index in [4.69, 9.17) is 0 Å². The van der Waals surface area contributed by atoms with Crippen molar-refractivity contribution in [3.63, 3.8) is 0 Å². The molecule has 0 saturated carbocycles. The maximum absolute atomic E-state index is 12.4. The molecule has 5 heteroatoms. The molecule has 0 aliphatic heterocycles. The number of carboxylic acids is 1. The van der Waals surface area contributed by atoms with Crippen LogP contribution in [0.2, 0.25) is 0 Å². The summed E-state index contributed by atoms with van der Waals surface area (Å²) < 4.78 is 1.01. The SMILES string of the molecule is O=C(NC(Cc1ccccc1)C(=O)O)c1cc2ccccc2s1. The zero-order valence-corrected chi connectivity index (χ0v) is 13.0. The Labute approximate surface area is 137 Å². The van der Waals surface area contributed by atoms with E-state index in [0.717, 1.165) is 15.6 Å². The molecule has 23 heavy (non-hydrogen) atoms. The molecule has 1 heterocycles. The zero-order valence-electron chi connectivity index (χ0n) is 12.2. The van der Waals surface area contributed by atoms with Crippen molar-refractivity contribution < 1.29 is 14.7 Å². The topological polar surface area (TPSA) is 66.4 Å². The number of rotatable bonds is 5. The van der Waals surface area contributed by atoms with Crippen LogP contribution in [0.25, 0.3) is 10.1 Å². The van der Waals surface area contributed by atoms with Crippen molar-refractivity contribution in [2.45, 2.75) is 12.5 Å². The number of carboxylic acid groups (broad SMARTS) is 1. The molecule has 116 valence electrons. The maximum Gasteiger partial charge on any atom is 0.326 e. The minimum Gasteiger partial charge on any atom is -0.480 e. The predicted molar refractivity (Wildman–Crippen MR) is 90.9 cm³/mol. The number of hydrogen-bond donors (Lipinski definition) is 2. The van der Waals surface area contributed by atoms with Crippen molar-refractivity contribution >= 4 is 33.3 Å². The van der Waals surface area contributed by atoms with Crippen molar-refractivity contribution in [1.29, 1.82) is 0 Å². The number of benzene rings is 2. The molecular formula is C18H15NO3S. The van der Waals surface area contributed by atoms with E-state index in [0.29, 0.717) is 4.88 Å². The Bertz CT molecular complexity index is 809. The lowest BCUT2D eigenvalue weighted by Crippen LogP contribution is -2.42. The van der Waals surface area contributed by atoms with E-state index in [1.807, 2.05) is 54.6 Å². The number of nitrogens with one attached hydrogen (secondary N) is 1. The second-order valence-corrected chi connectivity index (χ2v) is 6.29. The van der Waals surface area contributed by atoms with Crippen LogP contribution in [-0.4, -0.2) is 23.0 Å². The zero-order chi connectivity index (χ0) is 16.2. The number of thiophene rings is 1. The number of carbonyl (C=O) groups excluding carboxylic acids is 1. The highest BCUT2D eigenvalue weighted by Crippen LogP contribution is 2.25. The average molecular weight is 325 g/mol. The molecule has 1 aromatic heterocycles. The van der Waals surface area contributed by atoms with Crippen LogP contribution in [0.1, 0.15) is 15.2 Å². The van der Waals surface area contributed by atoms with Crippen molar-refractivity contribution in [2.24, 2.45) is 0 Å². The van der Waals surface area contributed by atoms with E-state index >= 15 is 0 Å². The first-order chi connectivity index (χ1) is 11.1. The summed E-state index contributed by atoms with van der Waals surface area (Å²) >= 11 is 1.36. The first-order valence-corrected chi connectivity index (χ1v) is 8.01. The lowest BCUT2D eigenvalue weighted by atomic mass is 10.1. The first-order valence-electron chi connectivity index (χ1n) is 7.19. The highest BCUT2D eigenvalue weighted by molar-refractivity contribution is 7.20. The van der Waals surface area contributed by atoms with Gasteiger partial charge in [-0.2, -0.15) is 0 Å². The molecule has 4 nitrogen and oxygen atoms in total. The van der Waals surface area contributed by atoms with E-state index in [2.05, 4.69) is 5.32 Å². The van der Waals surface area contributed by atoms with Gasteiger partial charge in [-0.25, -0.2) is 4.79 Å². The largest absolute Gasteiger partial charge is 0.480 e. The summed E-state index contributed by atoms with van der Waals surface area (Å²) in [6.07, 6.45) is 0.257. The standard InChI is InChI=1S/C18H15NO3S/c20-17(16-11-13-8-4-5-9-15(13)23-16)19-14(18(21)22)10-12-6-2-1-3-7-12/h1-9,11,14H,10H2,(H,19,20)(H,21,22). The molecule has 0 bridgehead atoms. The van der Waals surface area contributed by atoms with E-state index in [9.17, 15) is 14.7 Å². The van der Waals surface area contributed by atoms with Gasteiger partial charge in [0.2, 0.25) is 0 Å². The summed E-state index contributed by atoms with van der Waals surface area (Å²) in [7, 11) is 0. The Morgan fingerprint density at radius 2 is 1.74 bits per heavy atom. The van der Waals surface area contributed by atoms with Crippen molar-refractivity contribution in [1.82, 2.24) is 5.32 Å². The van der Waals surface area contributed by atoms with E-state index in [1.54, 1.807) is 6.07 Å². The van der Waals surface area contributed by atoms with Crippen LogP contribution in [0.4, 0.5) is 0 Å². The summed E-state index contributed by atoms with van der Waals surface area (Å²) in [4.78, 5) is 24.3. The van der Waals surface area contributed by atoms with Gasteiger partial charge in [-0.15, -0.1) is 11.3 Å². The van der Waals surface area contributed by atoms with Crippen LogP contribution in [0.15, 0.2) is 60.7 Å². The summed E-state index contributed by atoms with van der Waals surface area (Å²) in [5, 5.41) is 13.0. The molecule has 0 radical (unpaired) electrons. The van der Waals surface area contributed by atoms with Crippen molar-refractivity contribution in [2.75, 3.05) is 0 Å². The molecular weight excluding hydrogens is 310 g/mol. The quantitative estimate of drug-likeness (QED) is 0.756. The van der Waals surface area contributed by atoms with Crippen LogP contribution in [0.3, 0.4) is 0 Å². The van der Waals surface area contributed by atoms with Crippen LogP contribution in [-0.2, 0) is 11.2 Å². The van der Waals surface area contributed by atoms with Gasteiger partial charge in [0.05, 0.1) is 4.88 Å². The molecule has 0 spiro atoms. The van der Waals surface area contributed by atoms with Gasteiger partial charge in [-0.3, -0.25) is 4.79 Å². The Morgan fingerprint density at radius 3 is 2.43 bits per heavy atom. The van der Waals surface area contributed by atoms with Gasteiger partial charge >= 0.3 is 5.97 Å². The fourth-order valence-electron chi connectivity index (χ4n) is 2.37. The highest BCUT2D eigenvalue weighted by atomic mass is 32.1. The van der Waals surface area contributed by atoms with Crippen molar-refractivity contribution in [3.05, 3.63) is 71.1 Å². The molecule has 1 atom stereocenters. The summed E-state index contributed by atoms with van der Waals surface area (Å²) in [6, 6.07) is 17.8. The predicted octanol–water partition coefficient (Wildman–Crippen LogP) is 3.33. The molecule has 1 unspecified atom stereocenters.